The van der Waals surface area contributed by atoms with Crippen molar-refractivity contribution in [3.8, 4) is 0 Å². The van der Waals surface area contributed by atoms with Crippen LogP contribution in [0, 0.1) is 0 Å². The SMILES string of the molecule is CCc1ccc(C(CN)N(CC)CCOC)cc1. The smallest absolute Gasteiger partial charge is 0.0589 e. The first kappa shape index (κ1) is 15.2. The number of nitrogens with zero attached hydrogens (tertiary/aromatic N) is 1. The first-order valence-electron chi connectivity index (χ1n) is 6.78. The van der Waals surface area contributed by atoms with Crippen molar-refractivity contribution in [2.45, 2.75) is 26.3 Å². The van der Waals surface area contributed by atoms with Crippen molar-refractivity contribution >= 4 is 0 Å². The molecule has 0 amide bonds. The van der Waals surface area contributed by atoms with Gasteiger partial charge in [-0.05, 0) is 24.1 Å². The van der Waals surface area contributed by atoms with E-state index in [2.05, 4.69) is 43.0 Å². The lowest BCUT2D eigenvalue weighted by Gasteiger charge is -2.30. The van der Waals surface area contributed by atoms with E-state index < -0.39 is 0 Å². The van der Waals surface area contributed by atoms with E-state index in [0.717, 1.165) is 26.1 Å². The predicted molar refractivity (Wildman–Crippen MR) is 76.7 cm³/mol. The van der Waals surface area contributed by atoms with Crippen molar-refractivity contribution in [1.29, 1.82) is 0 Å². The fraction of sp³-hybridized carbons (Fsp3) is 0.600. The highest BCUT2D eigenvalue weighted by Crippen LogP contribution is 2.20. The molecule has 1 atom stereocenters. The number of ether oxygens (including phenoxy) is 1. The Bertz CT molecular complexity index is 324. The average Bonchev–Trinajstić information content (AvgIpc) is 2.43. The lowest BCUT2D eigenvalue weighted by molar-refractivity contribution is 0.125. The molecule has 3 heteroatoms. The minimum absolute atomic E-state index is 0.288. The second kappa shape index (κ2) is 8.25. The summed E-state index contributed by atoms with van der Waals surface area (Å²) >= 11 is 0. The maximum absolute atomic E-state index is 5.94. The molecular weight excluding hydrogens is 224 g/mol. The molecule has 0 heterocycles. The lowest BCUT2D eigenvalue weighted by atomic mass is 10.0. The minimum atomic E-state index is 0.288. The summed E-state index contributed by atoms with van der Waals surface area (Å²) in [7, 11) is 1.74. The number of methoxy groups -OCH3 is 1. The lowest BCUT2D eigenvalue weighted by Crippen LogP contribution is -2.36. The minimum Gasteiger partial charge on any atom is -0.383 e. The monoisotopic (exact) mass is 250 g/mol. The number of hydrogen-bond donors (Lipinski definition) is 1. The van der Waals surface area contributed by atoms with E-state index in [9.17, 15) is 0 Å². The van der Waals surface area contributed by atoms with Gasteiger partial charge in [-0.3, -0.25) is 4.90 Å². The number of hydrogen-bond acceptors (Lipinski definition) is 3. The Balaban J connectivity index is 2.78. The molecule has 0 saturated heterocycles. The first-order chi connectivity index (χ1) is 8.76. The summed E-state index contributed by atoms with van der Waals surface area (Å²) < 4.78 is 5.16. The molecule has 0 aliphatic heterocycles. The number of aryl methyl sites for hydroxylation is 1. The Labute approximate surface area is 111 Å². The second-order valence-electron chi connectivity index (χ2n) is 4.47. The molecule has 102 valence electrons. The molecule has 18 heavy (non-hydrogen) atoms. The van der Waals surface area contributed by atoms with Gasteiger partial charge in [0.15, 0.2) is 0 Å². The summed E-state index contributed by atoms with van der Waals surface area (Å²) in [5, 5.41) is 0. The Kier molecular flexibility index (Phi) is 6.94. The molecule has 0 aromatic heterocycles. The third kappa shape index (κ3) is 4.09. The van der Waals surface area contributed by atoms with Crippen LogP contribution < -0.4 is 5.73 Å². The Morgan fingerprint density at radius 1 is 1.22 bits per heavy atom. The summed E-state index contributed by atoms with van der Waals surface area (Å²) in [5.74, 6) is 0. The fourth-order valence-corrected chi connectivity index (χ4v) is 2.21. The largest absolute Gasteiger partial charge is 0.383 e. The standard InChI is InChI=1S/C15H26N2O/c1-4-13-6-8-14(9-7-13)15(12-16)17(5-2)10-11-18-3/h6-9,15H,4-5,10-12,16H2,1-3H3. The van der Waals surface area contributed by atoms with Gasteiger partial charge in [-0.25, -0.2) is 0 Å². The van der Waals surface area contributed by atoms with Gasteiger partial charge in [0.1, 0.15) is 0 Å². The topological polar surface area (TPSA) is 38.5 Å². The van der Waals surface area contributed by atoms with Gasteiger partial charge >= 0.3 is 0 Å². The Morgan fingerprint density at radius 3 is 2.33 bits per heavy atom. The van der Waals surface area contributed by atoms with E-state index in [4.69, 9.17) is 10.5 Å². The second-order valence-corrected chi connectivity index (χ2v) is 4.47. The van der Waals surface area contributed by atoms with Crippen LogP contribution in [0.5, 0.6) is 0 Å². The molecule has 0 fully saturated rings. The number of rotatable bonds is 8. The van der Waals surface area contributed by atoms with E-state index in [1.165, 1.54) is 11.1 Å². The molecule has 0 saturated carbocycles. The van der Waals surface area contributed by atoms with Crippen molar-refractivity contribution in [2.24, 2.45) is 5.73 Å². The van der Waals surface area contributed by atoms with Gasteiger partial charge in [-0.1, -0.05) is 38.1 Å². The highest BCUT2D eigenvalue weighted by molar-refractivity contribution is 5.25. The zero-order valence-corrected chi connectivity index (χ0v) is 11.9. The summed E-state index contributed by atoms with van der Waals surface area (Å²) in [5.41, 5.74) is 8.61. The summed E-state index contributed by atoms with van der Waals surface area (Å²) in [6, 6.07) is 9.08. The predicted octanol–water partition coefficient (Wildman–Crippen LogP) is 2.22. The molecule has 0 bridgehead atoms. The van der Waals surface area contributed by atoms with E-state index in [-0.39, 0.29) is 6.04 Å². The third-order valence-electron chi connectivity index (χ3n) is 3.43. The van der Waals surface area contributed by atoms with Crippen LogP contribution in [0.3, 0.4) is 0 Å². The Hall–Kier alpha value is -0.900. The summed E-state index contributed by atoms with van der Waals surface area (Å²) in [6.07, 6.45) is 1.08. The molecule has 3 nitrogen and oxygen atoms in total. The van der Waals surface area contributed by atoms with Crippen molar-refractivity contribution in [1.82, 2.24) is 4.90 Å². The number of benzene rings is 1. The van der Waals surface area contributed by atoms with Gasteiger partial charge in [0.25, 0.3) is 0 Å². The molecule has 1 rings (SSSR count). The third-order valence-corrected chi connectivity index (χ3v) is 3.43. The van der Waals surface area contributed by atoms with Crippen molar-refractivity contribution < 1.29 is 4.74 Å². The van der Waals surface area contributed by atoms with Crippen molar-refractivity contribution in [3.63, 3.8) is 0 Å². The van der Waals surface area contributed by atoms with Gasteiger partial charge in [0.2, 0.25) is 0 Å². The van der Waals surface area contributed by atoms with Crippen LogP contribution in [0.2, 0.25) is 0 Å². The van der Waals surface area contributed by atoms with E-state index in [0.29, 0.717) is 6.54 Å². The first-order valence-corrected chi connectivity index (χ1v) is 6.78. The quantitative estimate of drug-likeness (QED) is 0.769. The van der Waals surface area contributed by atoms with Gasteiger partial charge in [0.05, 0.1) is 6.61 Å². The van der Waals surface area contributed by atoms with Gasteiger partial charge in [-0.15, -0.1) is 0 Å². The van der Waals surface area contributed by atoms with Gasteiger partial charge in [0, 0.05) is 26.2 Å². The molecule has 0 aliphatic carbocycles. The van der Waals surface area contributed by atoms with Crippen LogP contribution in [0.25, 0.3) is 0 Å². The van der Waals surface area contributed by atoms with E-state index >= 15 is 0 Å². The van der Waals surface area contributed by atoms with Crippen molar-refractivity contribution in [3.05, 3.63) is 35.4 Å². The molecule has 2 N–H and O–H groups in total. The molecular formula is C15H26N2O. The van der Waals surface area contributed by atoms with Crippen LogP contribution in [-0.4, -0.2) is 38.3 Å². The van der Waals surface area contributed by atoms with Crippen LogP contribution in [0.15, 0.2) is 24.3 Å². The number of likely N-dealkylation sites (N-methyl/N-ethyl adjacent to an activating group) is 1. The maximum atomic E-state index is 5.94. The van der Waals surface area contributed by atoms with Gasteiger partial charge < -0.3 is 10.5 Å². The summed E-state index contributed by atoms with van der Waals surface area (Å²) in [4.78, 5) is 2.37. The molecule has 0 aliphatic rings. The normalized spacial score (nSPS) is 12.9. The molecule has 1 unspecified atom stereocenters. The summed E-state index contributed by atoms with van der Waals surface area (Å²) in [6.45, 7) is 7.64. The molecule has 0 spiro atoms. The van der Waals surface area contributed by atoms with Gasteiger partial charge in [-0.2, -0.15) is 0 Å². The average molecular weight is 250 g/mol. The Morgan fingerprint density at radius 2 is 1.89 bits per heavy atom. The van der Waals surface area contributed by atoms with Crippen molar-refractivity contribution in [2.75, 3.05) is 33.4 Å². The van der Waals surface area contributed by atoms with Crippen LogP contribution in [-0.2, 0) is 11.2 Å². The highest BCUT2D eigenvalue weighted by Gasteiger charge is 2.17. The zero-order chi connectivity index (χ0) is 13.4. The molecule has 1 aromatic rings. The zero-order valence-electron chi connectivity index (χ0n) is 11.9. The van der Waals surface area contributed by atoms with Crippen LogP contribution in [0.1, 0.15) is 31.0 Å². The fourth-order valence-electron chi connectivity index (χ4n) is 2.21. The van der Waals surface area contributed by atoms with E-state index in [1.54, 1.807) is 7.11 Å². The van der Waals surface area contributed by atoms with E-state index in [1.807, 2.05) is 0 Å². The highest BCUT2D eigenvalue weighted by atomic mass is 16.5. The van der Waals surface area contributed by atoms with Crippen LogP contribution >= 0.6 is 0 Å². The molecule has 0 radical (unpaired) electrons. The van der Waals surface area contributed by atoms with Crippen LogP contribution in [0.4, 0.5) is 0 Å². The molecule has 1 aromatic carbocycles. The number of nitrogens with two attached hydrogens (primary N) is 1. The maximum Gasteiger partial charge on any atom is 0.0589 e.